The highest BCUT2D eigenvalue weighted by atomic mass is 127. The summed E-state index contributed by atoms with van der Waals surface area (Å²) < 4.78 is 6.30. The van der Waals surface area contributed by atoms with Crippen LogP contribution in [0.3, 0.4) is 0 Å². The molecule has 0 aliphatic carbocycles. The second-order valence-electron chi connectivity index (χ2n) is 5.29. The van der Waals surface area contributed by atoms with Crippen molar-refractivity contribution in [3.63, 3.8) is 0 Å². The summed E-state index contributed by atoms with van der Waals surface area (Å²) in [5, 5.41) is 2.70. The Morgan fingerprint density at radius 1 is 1.12 bits per heavy atom. The fraction of sp³-hybridized carbons (Fsp3) is 0.222. The first-order chi connectivity index (χ1) is 11.5. The summed E-state index contributed by atoms with van der Waals surface area (Å²) in [5.74, 6) is -0.968. The molecule has 0 radical (unpaired) electrons. The molecule has 0 spiro atoms. The minimum absolute atomic E-state index is 0.339. The molecule has 5 nitrogen and oxygen atoms in total. The summed E-state index contributed by atoms with van der Waals surface area (Å²) in [6, 6.07) is 16.0. The average molecular weight is 438 g/mol. The van der Waals surface area contributed by atoms with Crippen molar-refractivity contribution in [3.8, 4) is 0 Å². The lowest BCUT2D eigenvalue weighted by atomic mass is 10.0. The molecule has 2 atom stereocenters. The molecule has 2 aromatic rings. The van der Waals surface area contributed by atoms with Crippen molar-refractivity contribution < 1.29 is 14.3 Å². The minimum Gasteiger partial charge on any atom is -0.368 e. The minimum atomic E-state index is -0.797. The molecule has 126 valence electrons. The molecule has 2 aromatic carbocycles. The number of carbonyl (C=O) groups is 2. The molecule has 0 aliphatic heterocycles. The quantitative estimate of drug-likeness (QED) is 0.651. The van der Waals surface area contributed by atoms with Crippen molar-refractivity contribution in [2.75, 3.05) is 7.11 Å². The molecule has 0 aromatic heterocycles. The maximum Gasteiger partial charge on any atom is 0.254 e. The summed E-state index contributed by atoms with van der Waals surface area (Å²) in [4.78, 5) is 24.3. The molecule has 24 heavy (non-hydrogen) atoms. The molecule has 0 bridgehead atoms. The zero-order valence-corrected chi connectivity index (χ0v) is 15.4. The Bertz CT molecular complexity index is 706. The van der Waals surface area contributed by atoms with Crippen molar-refractivity contribution in [3.05, 3.63) is 69.3 Å². The standard InChI is InChI=1S/C18H19IN2O3/c1-24-16(12-7-3-2-4-8-12)18(23)21-15(17(20)22)11-13-9-5-6-10-14(13)19/h2-10,15-16H,11H2,1H3,(H2,20,22)(H,21,23)/t15-,16+/m0/s1. The largest absolute Gasteiger partial charge is 0.368 e. The van der Waals surface area contributed by atoms with Gasteiger partial charge in [-0.3, -0.25) is 9.59 Å². The van der Waals surface area contributed by atoms with Gasteiger partial charge in [-0.15, -0.1) is 0 Å². The molecule has 0 heterocycles. The van der Waals surface area contributed by atoms with Gasteiger partial charge in [0, 0.05) is 17.1 Å². The number of hydrogen-bond acceptors (Lipinski definition) is 3. The van der Waals surface area contributed by atoms with Crippen LogP contribution in [0.15, 0.2) is 54.6 Å². The van der Waals surface area contributed by atoms with Crippen LogP contribution < -0.4 is 11.1 Å². The van der Waals surface area contributed by atoms with E-state index in [-0.39, 0.29) is 0 Å². The molecular weight excluding hydrogens is 419 g/mol. The first-order valence-corrected chi connectivity index (χ1v) is 8.51. The monoisotopic (exact) mass is 438 g/mol. The molecule has 2 amide bonds. The molecule has 0 aliphatic rings. The molecule has 0 fully saturated rings. The molecule has 0 saturated carbocycles. The number of nitrogens with two attached hydrogens (primary N) is 1. The number of rotatable bonds is 7. The predicted octanol–water partition coefficient (Wildman–Crippen LogP) is 2.19. The first kappa shape index (κ1) is 18.4. The van der Waals surface area contributed by atoms with E-state index >= 15 is 0 Å². The Kier molecular flexibility index (Phi) is 6.74. The Balaban J connectivity index is 2.13. The number of primary amides is 1. The zero-order valence-electron chi connectivity index (χ0n) is 13.2. The van der Waals surface area contributed by atoms with Gasteiger partial charge in [0.25, 0.3) is 5.91 Å². The highest BCUT2D eigenvalue weighted by molar-refractivity contribution is 14.1. The summed E-state index contributed by atoms with van der Waals surface area (Å²) in [6.45, 7) is 0. The molecule has 0 saturated heterocycles. The second-order valence-corrected chi connectivity index (χ2v) is 6.45. The number of methoxy groups -OCH3 is 1. The van der Waals surface area contributed by atoms with Gasteiger partial charge in [0.1, 0.15) is 6.04 Å². The Hall–Kier alpha value is -1.93. The Labute approximate surface area is 154 Å². The maximum absolute atomic E-state index is 12.5. The van der Waals surface area contributed by atoms with E-state index in [1.165, 1.54) is 7.11 Å². The third-order valence-electron chi connectivity index (χ3n) is 3.62. The third kappa shape index (κ3) is 4.78. The fourth-order valence-corrected chi connectivity index (χ4v) is 2.98. The summed E-state index contributed by atoms with van der Waals surface area (Å²) >= 11 is 2.19. The van der Waals surface area contributed by atoms with Crippen LogP contribution in [0.1, 0.15) is 17.2 Å². The number of ether oxygens (including phenoxy) is 1. The normalized spacial score (nSPS) is 13.1. The van der Waals surface area contributed by atoms with E-state index in [9.17, 15) is 9.59 Å². The van der Waals surface area contributed by atoms with Gasteiger partial charge in [0.05, 0.1) is 0 Å². The summed E-state index contributed by atoms with van der Waals surface area (Å²) in [6.07, 6.45) is -0.450. The Morgan fingerprint density at radius 2 is 1.75 bits per heavy atom. The van der Waals surface area contributed by atoms with E-state index in [1.54, 1.807) is 12.1 Å². The zero-order chi connectivity index (χ0) is 17.5. The van der Waals surface area contributed by atoms with Gasteiger partial charge in [-0.05, 0) is 39.8 Å². The maximum atomic E-state index is 12.5. The van der Waals surface area contributed by atoms with Crippen molar-refractivity contribution in [2.45, 2.75) is 18.6 Å². The first-order valence-electron chi connectivity index (χ1n) is 7.43. The van der Waals surface area contributed by atoms with Gasteiger partial charge in [0.2, 0.25) is 5.91 Å². The highest BCUT2D eigenvalue weighted by Crippen LogP contribution is 2.18. The van der Waals surface area contributed by atoms with Crippen LogP contribution in [-0.4, -0.2) is 25.0 Å². The average Bonchev–Trinajstić information content (AvgIpc) is 2.57. The topological polar surface area (TPSA) is 81.4 Å². The smallest absolute Gasteiger partial charge is 0.254 e. The van der Waals surface area contributed by atoms with Gasteiger partial charge in [-0.2, -0.15) is 0 Å². The number of carbonyl (C=O) groups excluding carboxylic acids is 2. The molecule has 6 heteroatoms. The van der Waals surface area contributed by atoms with Gasteiger partial charge < -0.3 is 15.8 Å². The van der Waals surface area contributed by atoms with E-state index < -0.39 is 24.0 Å². The lowest BCUT2D eigenvalue weighted by Crippen LogP contribution is -2.47. The molecule has 2 rings (SSSR count). The van der Waals surface area contributed by atoms with E-state index in [0.29, 0.717) is 6.42 Å². The van der Waals surface area contributed by atoms with Gasteiger partial charge in [-0.1, -0.05) is 48.5 Å². The number of halogens is 1. The number of nitrogens with one attached hydrogen (secondary N) is 1. The van der Waals surface area contributed by atoms with Gasteiger partial charge >= 0.3 is 0 Å². The van der Waals surface area contributed by atoms with Crippen molar-refractivity contribution in [2.24, 2.45) is 5.73 Å². The van der Waals surface area contributed by atoms with Gasteiger partial charge in [-0.25, -0.2) is 0 Å². The van der Waals surface area contributed by atoms with Crippen LogP contribution in [0.5, 0.6) is 0 Å². The Morgan fingerprint density at radius 3 is 2.33 bits per heavy atom. The van der Waals surface area contributed by atoms with E-state index in [4.69, 9.17) is 10.5 Å². The van der Waals surface area contributed by atoms with Crippen LogP contribution in [-0.2, 0) is 20.7 Å². The third-order valence-corrected chi connectivity index (χ3v) is 4.67. The molecule has 3 N–H and O–H groups in total. The summed E-state index contributed by atoms with van der Waals surface area (Å²) in [7, 11) is 1.46. The number of hydrogen-bond donors (Lipinski definition) is 2. The molecule has 0 unspecified atom stereocenters. The van der Waals surface area contributed by atoms with E-state index in [0.717, 1.165) is 14.7 Å². The lowest BCUT2D eigenvalue weighted by Gasteiger charge is -2.21. The van der Waals surface area contributed by atoms with Crippen LogP contribution in [0, 0.1) is 3.57 Å². The van der Waals surface area contributed by atoms with Crippen LogP contribution in [0.25, 0.3) is 0 Å². The SMILES string of the molecule is CO[C@@H](C(=O)N[C@@H](Cc1ccccc1I)C(N)=O)c1ccccc1. The second kappa shape index (κ2) is 8.79. The van der Waals surface area contributed by atoms with Crippen LogP contribution >= 0.6 is 22.6 Å². The summed E-state index contributed by atoms with van der Waals surface area (Å²) in [5.41, 5.74) is 7.14. The van der Waals surface area contributed by atoms with Crippen molar-refractivity contribution in [1.29, 1.82) is 0 Å². The van der Waals surface area contributed by atoms with E-state index in [2.05, 4.69) is 27.9 Å². The van der Waals surface area contributed by atoms with Crippen LogP contribution in [0.4, 0.5) is 0 Å². The van der Waals surface area contributed by atoms with Crippen molar-refractivity contribution >= 4 is 34.4 Å². The number of benzene rings is 2. The lowest BCUT2D eigenvalue weighted by molar-refractivity contribution is -0.134. The molecular formula is C18H19IN2O3. The predicted molar refractivity (Wildman–Crippen MR) is 100 cm³/mol. The van der Waals surface area contributed by atoms with E-state index in [1.807, 2.05) is 42.5 Å². The fourth-order valence-electron chi connectivity index (χ4n) is 2.38. The van der Waals surface area contributed by atoms with Gasteiger partial charge in [0.15, 0.2) is 6.10 Å². The van der Waals surface area contributed by atoms with Crippen LogP contribution in [0.2, 0.25) is 0 Å². The van der Waals surface area contributed by atoms with Crippen molar-refractivity contribution in [1.82, 2.24) is 5.32 Å². The highest BCUT2D eigenvalue weighted by Gasteiger charge is 2.25. The number of amides is 2.